The van der Waals surface area contributed by atoms with E-state index in [2.05, 4.69) is 10.2 Å². The van der Waals surface area contributed by atoms with Gasteiger partial charge in [-0.25, -0.2) is 0 Å². The van der Waals surface area contributed by atoms with Crippen molar-refractivity contribution < 1.29 is 14.4 Å². The van der Waals surface area contributed by atoms with Crippen molar-refractivity contribution in [2.45, 2.75) is 26.2 Å². The van der Waals surface area contributed by atoms with Crippen molar-refractivity contribution in [3.05, 3.63) is 24.3 Å². The first-order chi connectivity index (χ1) is 12.5. The Hall–Kier alpha value is -2.57. The lowest BCUT2D eigenvalue weighted by molar-refractivity contribution is -0.140. The van der Waals surface area contributed by atoms with Gasteiger partial charge in [0.1, 0.15) is 6.42 Å². The molecule has 0 aromatic heterocycles. The van der Waals surface area contributed by atoms with Crippen LogP contribution in [-0.4, -0.2) is 66.8 Å². The average Bonchev–Trinajstić information content (AvgIpc) is 3.17. The molecule has 2 aliphatic heterocycles. The van der Waals surface area contributed by atoms with Gasteiger partial charge in [0.2, 0.25) is 17.7 Å². The number of rotatable bonds is 4. The molecule has 0 atom stereocenters. The maximum atomic E-state index is 12.3. The molecule has 0 radical (unpaired) electrons. The van der Waals surface area contributed by atoms with Crippen molar-refractivity contribution in [1.82, 2.24) is 9.80 Å². The van der Waals surface area contributed by atoms with Crippen molar-refractivity contribution in [1.29, 1.82) is 0 Å². The first-order valence-electron chi connectivity index (χ1n) is 9.21. The molecular weight excluding hydrogens is 332 g/mol. The van der Waals surface area contributed by atoms with Gasteiger partial charge in [-0.3, -0.25) is 14.4 Å². The summed E-state index contributed by atoms with van der Waals surface area (Å²) in [4.78, 5) is 41.4. The number of nitrogens with one attached hydrogen (secondary N) is 1. The lowest BCUT2D eigenvalue weighted by Gasteiger charge is -2.34. The van der Waals surface area contributed by atoms with E-state index < -0.39 is 0 Å². The zero-order valence-corrected chi connectivity index (χ0v) is 15.2. The molecule has 7 heteroatoms. The quantitative estimate of drug-likeness (QED) is 0.824. The highest BCUT2D eigenvalue weighted by Crippen LogP contribution is 2.22. The minimum Gasteiger partial charge on any atom is -0.372 e. The van der Waals surface area contributed by atoms with Crippen LogP contribution in [0.5, 0.6) is 0 Å². The predicted octanol–water partition coefficient (Wildman–Crippen LogP) is 1.31. The number of amides is 3. The van der Waals surface area contributed by atoms with Gasteiger partial charge < -0.3 is 20.0 Å². The van der Waals surface area contributed by atoms with Gasteiger partial charge in [0.15, 0.2) is 0 Å². The number of hydrogen-bond donors (Lipinski definition) is 1. The van der Waals surface area contributed by atoms with Crippen molar-refractivity contribution in [3.63, 3.8) is 0 Å². The van der Waals surface area contributed by atoms with Crippen LogP contribution >= 0.6 is 0 Å². The summed E-state index contributed by atoms with van der Waals surface area (Å²) in [5, 5.41) is 2.79. The third-order valence-corrected chi connectivity index (χ3v) is 5.01. The molecule has 2 fully saturated rings. The van der Waals surface area contributed by atoms with Crippen LogP contribution in [-0.2, 0) is 14.4 Å². The molecule has 140 valence electrons. The molecule has 1 aromatic rings. The van der Waals surface area contributed by atoms with Crippen LogP contribution in [0.2, 0.25) is 0 Å². The van der Waals surface area contributed by atoms with E-state index >= 15 is 0 Å². The molecule has 2 aliphatic rings. The highest BCUT2D eigenvalue weighted by Gasteiger charge is 2.23. The second kappa shape index (κ2) is 8.21. The van der Waals surface area contributed by atoms with Crippen molar-refractivity contribution >= 4 is 29.1 Å². The van der Waals surface area contributed by atoms with Gasteiger partial charge in [0, 0.05) is 57.6 Å². The molecule has 7 nitrogen and oxygen atoms in total. The van der Waals surface area contributed by atoms with Gasteiger partial charge in [-0.1, -0.05) is 0 Å². The SMILES string of the molecule is CC(=O)N1CCN(C(=O)CC(=O)Nc2ccc(N3CCCC3)cc2)CC1. The Kier molecular flexibility index (Phi) is 5.75. The van der Waals surface area contributed by atoms with E-state index in [0.717, 1.165) is 13.1 Å². The van der Waals surface area contributed by atoms with E-state index in [0.29, 0.717) is 31.9 Å². The highest BCUT2D eigenvalue weighted by atomic mass is 16.2. The summed E-state index contributed by atoms with van der Waals surface area (Å²) in [6.45, 7) is 5.71. The Morgan fingerprint density at radius 3 is 2.04 bits per heavy atom. The smallest absolute Gasteiger partial charge is 0.233 e. The van der Waals surface area contributed by atoms with Gasteiger partial charge in [-0.05, 0) is 37.1 Å². The fourth-order valence-electron chi connectivity index (χ4n) is 3.46. The monoisotopic (exact) mass is 358 g/mol. The number of piperazine rings is 1. The fourth-order valence-corrected chi connectivity index (χ4v) is 3.46. The molecule has 0 spiro atoms. The zero-order chi connectivity index (χ0) is 18.5. The van der Waals surface area contributed by atoms with Gasteiger partial charge >= 0.3 is 0 Å². The summed E-state index contributed by atoms with van der Waals surface area (Å²) in [6.07, 6.45) is 2.27. The number of nitrogens with zero attached hydrogens (tertiary/aromatic N) is 3. The van der Waals surface area contributed by atoms with Crippen molar-refractivity contribution in [2.75, 3.05) is 49.5 Å². The molecule has 0 bridgehead atoms. The Morgan fingerprint density at radius 1 is 0.885 bits per heavy atom. The van der Waals surface area contributed by atoms with Crippen molar-refractivity contribution in [3.8, 4) is 0 Å². The van der Waals surface area contributed by atoms with Crippen LogP contribution in [0.1, 0.15) is 26.2 Å². The molecule has 0 unspecified atom stereocenters. The van der Waals surface area contributed by atoms with Gasteiger partial charge in [-0.2, -0.15) is 0 Å². The molecule has 3 rings (SSSR count). The number of benzene rings is 1. The Balaban J connectivity index is 1.46. The molecule has 1 N–H and O–H groups in total. The standard InChI is InChI=1S/C19H26N4O3/c1-15(24)21-10-12-23(13-11-21)19(26)14-18(25)20-16-4-6-17(7-5-16)22-8-2-3-9-22/h4-7H,2-3,8-14H2,1H3,(H,20,25). The maximum Gasteiger partial charge on any atom is 0.233 e. The number of hydrogen-bond acceptors (Lipinski definition) is 4. The van der Waals surface area contributed by atoms with Gasteiger partial charge in [-0.15, -0.1) is 0 Å². The summed E-state index contributed by atoms with van der Waals surface area (Å²) >= 11 is 0. The Bertz CT molecular complexity index is 660. The molecule has 1 aromatic carbocycles. The lowest BCUT2D eigenvalue weighted by atomic mass is 10.2. The topological polar surface area (TPSA) is 73.0 Å². The summed E-state index contributed by atoms with van der Waals surface area (Å²) in [5.41, 5.74) is 1.87. The molecule has 2 saturated heterocycles. The summed E-state index contributed by atoms with van der Waals surface area (Å²) in [7, 11) is 0. The van der Waals surface area contributed by atoms with Crippen LogP contribution in [0.25, 0.3) is 0 Å². The van der Waals surface area contributed by atoms with E-state index in [4.69, 9.17) is 0 Å². The van der Waals surface area contributed by atoms with Gasteiger partial charge in [0.05, 0.1) is 0 Å². The number of anilines is 2. The van der Waals surface area contributed by atoms with Crippen LogP contribution < -0.4 is 10.2 Å². The van der Waals surface area contributed by atoms with E-state index in [1.54, 1.807) is 9.80 Å². The van der Waals surface area contributed by atoms with Crippen LogP contribution in [0.3, 0.4) is 0 Å². The molecule has 3 amide bonds. The molecule has 2 heterocycles. The summed E-state index contributed by atoms with van der Waals surface area (Å²) in [6, 6.07) is 7.76. The normalized spacial score (nSPS) is 17.3. The van der Waals surface area contributed by atoms with Crippen molar-refractivity contribution in [2.24, 2.45) is 0 Å². The average molecular weight is 358 g/mol. The van der Waals surface area contributed by atoms with Crippen LogP contribution in [0, 0.1) is 0 Å². The minimum atomic E-state index is -0.307. The minimum absolute atomic E-state index is 0.0206. The predicted molar refractivity (Wildman–Crippen MR) is 100.0 cm³/mol. The first kappa shape index (κ1) is 18.2. The third kappa shape index (κ3) is 4.53. The molecular formula is C19H26N4O3. The van der Waals surface area contributed by atoms with Crippen LogP contribution in [0.15, 0.2) is 24.3 Å². The summed E-state index contributed by atoms with van der Waals surface area (Å²) < 4.78 is 0. The highest BCUT2D eigenvalue weighted by molar-refractivity contribution is 6.03. The number of carbonyl (C=O) groups excluding carboxylic acids is 3. The van der Waals surface area contributed by atoms with Gasteiger partial charge in [0.25, 0.3) is 0 Å². The van der Waals surface area contributed by atoms with E-state index in [1.807, 2.05) is 24.3 Å². The fraction of sp³-hybridized carbons (Fsp3) is 0.526. The molecule has 0 saturated carbocycles. The van der Waals surface area contributed by atoms with E-state index in [9.17, 15) is 14.4 Å². The first-order valence-corrected chi connectivity index (χ1v) is 9.21. The second-order valence-corrected chi connectivity index (χ2v) is 6.85. The zero-order valence-electron chi connectivity index (χ0n) is 15.2. The lowest BCUT2D eigenvalue weighted by Crippen LogP contribution is -2.50. The van der Waals surface area contributed by atoms with E-state index in [1.165, 1.54) is 25.5 Å². The summed E-state index contributed by atoms with van der Waals surface area (Å²) in [5.74, 6) is -0.482. The van der Waals surface area contributed by atoms with E-state index in [-0.39, 0.29) is 24.1 Å². The second-order valence-electron chi connectivity index (χ2n) is 6.85. The Morgan fingerprint density at radius 2 is 1.46 bits per heavy atom. The molecule has 0 aliphatic carbocycles. The van der Waals surface area contributed by atoms with Crippen LogP contribution in [0.4, 0.5) is 11.4 Å². The largest absolute Gasteiger partial charge is 0.372 e. The maximum absolute atomic E-state index is 12.3. The number of carbonyl (C=O) groups is 3. The Labute approximate surface area is 153 Å². The third-order valence-electron chi connectivity index (χ3n) is 5.01. The molecule has 26 heavy (non-hydrogen) atoms.